The Labute approximate surface area is 131 Å². The third-order valence-electron chi connectivity index (χ3n) is 3.78. The van der Waals surface area contributed by atoms with E-state index in [4.69, 9.17) is 16.3 Å². The van der Waals surface area contributed by atoms with Gasteiger partial charge in [0.15, 0.2) is 0 Å². The number of piperazine rings is 1. The first-order valence-corrected chi connectivity index (χ1v) is 8.95. The SMILES string of the molecule is CCN1CCN(S(=O)(=O)c2ccc(CCl)cc2OC)CC1. The summed E-state index contributed by atoms with van der Waals surface area (Å²) in [5.41, 5.74) is 0.836. The first-order valence-electron chi connectivity index (χ1n) is 6.98. The molecule has 0 bridgehead atoms. The van der Waals surface area contributed by atoms with Crippen LogP contribution in [0.1, 0.15) is 12.5 Å². The van der Waals surface area contributed by atoms with Crippen LogP contribution in [0.2, 0.25) is 0 Å². The Balaban J connectivity index is 2.27. The third-order valence-corrected chi connectivity index (χ3v) is 6.03. The fourth-order valence-corrected chi connectivity index (χ4v) is 4.16. The number of sulfonamides is 1. The number of hydrogen-bond acceptors (Lipinski definition) is 4. The molecular weight excluding hydrogens is 312 g/mol. The molecule has 7 heteroatoms. The summed E-state index contributed by atoms with van der Waals surface area (Å²) in [4.78, 5) is 2.45. The number of rotatable bonds is 5. The molecular formula is C14H21ClN2O3S. The summed E-state index contributed by atoms with van der Waals surface area (Å²) in [7, 11) is -2.05. The van der Waals surface area contributed by atoms with Crippen molar-refractivity contribution in [1.82, 2.24) is 9.21 Å². The van der Waals surface area contributed by atoms with Crippen LogP contribution in [-0.2, 0) is 15.9 Å². The molecule has 118 valence electrons. The molecule has 0 N–H and O–H groups in total. The van der Waals surface area contributed by atoms with Crippen LogP contribution < -0.4 is 4.74 Å². The van der Waals surface area contributed by atoms with Crippen LogP contribution in [0.4, 0.5) is 0 Å². The van der Waals surface area contributed by atoms with Gasteiger partial charge >= 0.3 is 0 Å². The standard InChI is InChI=1S/C14H21ClN2O3S/c1-3-16-6-8-17(9-7-16)21(18,19)14-5-4-12(11-15)10-13(14)20-2/h4-5,10H,3,6-9,11H2,1-2H3. The quantitative estimate of drug-likeness (QED) is 0.771. The minimum Gasteiger partial charge on any atom is -0.495 e. The van der Waals surface area contributed by atoms with Crippen LogP contribution in [0, 0.1) is 0 Å². The molecule has 21 heavy (non-hydrogen) atoms. The van der Waals surface area contributed by atoms with Gasteiger partial charge in [-0.15, -0.1) is 11.6 Å². The first-order chi connectivity index (χ1) is 10.0. The maximum absolute atomic E-state index is 12.8. The van der Waals surface area contributed by atoms with Crippen molar-refractivity contribution in [2.24, 2.45) is 0 Å². The summed E-state index contributed by atoms with van der Waals surface area (Å²) in [6, 6.07) is 4.99. The van der Waals surface area contributed by atoms with Crippen molar-refractivity contribution in [1.29, 1.82) is 0 Å². The molecule has 0 amide bonds. The molecule has 1 aliphatic heterocycles. The Kier molecular flexibility index (Phi) is 5.48. The lowest BCUT2D eigenvalue weighted by Crippen LogP contribution is -2.48. The fraction of sp³-hybridized carbons (Fsp3) is 0.571. The molecule has 0 unspecified atom stereocenters. The van der Waals surface area contributed by atoms with E-state index in [-0.39, 0.29) is 4.90 Å². The van der Waals surface area contributed by atoms with Crippen molar-refractivity contribution >= 4 is 21.6 Å². The van der Waals surface area contributed by atoms with Crippen molar-refractivity contribution in [2.45, 2.75) is 17.7 Å². The predicted molar refractivity (Wildman–Crippen MR) is 83.4 cm³/mol. The Hall–Kier alpha value is -0.820. The largest absolute Gasteiger partial charge is 0.495 e. The second-order valence-electron chi connectivity index (χ2n) is 4.96. The van der Waals surface area contributed by atoms with E-state index < -0.39 is 10.0 Å². The number of ether oxygens (including phenoxy) is 1. The van der Waals surface area contributed by atoms with Crippen LogP contribution >= 0.6 is 11.6 Å². The van der Waals surface area contributed by atoms with Crippen LogP contribution in [0.5, 0.6) is 5.75 Å². The number of methoxy groups -OCH3 is 1. The van der Waals surface area contributed by atoms with Gasteiger partial charge in [0.25, 0.3) is 0 Å². The molecule has 1 heterocycles. The van der Waals surface area contributed by atoms with Crippen LogP contribution in [0.15, 0.2) is 23.1 Å². The second kappa shape index (κ2) is 6.96. The molecule has 0 aromatic heterocycles. The molecule has 2 rings (SSSR count). The highest BCUT2D eigenvalue weighted by molar-refractivity contribution is 7.89. The third kappa shape index (κ3) is 3.51. The second-order valence-corrected chi connectivity index (χ2v) is 7.13. The monoisotopic (exact) mass is 332 g/mol. The normalized spacial score (nSPS) is 17.9. The Morgan fingerprint density at radius 1 is 1.24 bits per heavy atom. The van der Waals surface area contributed by atoms with E-state index in [1.54, 1.807) is 18.2 Å². The van der Waals surface area contributed by atoms with Gasteiger partial charge in [0, 0.05) is 32.1 Å². The molecule has 0 atom stereocenters. The van der Waals surface area contributed by atoms with E-state index in [9.17, 15) is 8.42 Å². The van der Waals surface area contributed by atoms with Crippen molar-refractivity contribution in [3.8, 4) is 5.75 Å². The molecule has 1 fully saturated rings. The first kappa shape index (κ1) is 16.5. The maximum Gasteiger partial charge on any atom is 0.246 e. The molecule has 0 spiro atoms. The van der Waals surface area contributed by atoms with Gasteiger partial charge in [-0.3, -0.25) is 0 Å². The van der Waals surface area contributed by atoms with Gasteiger partial charge in [-0.2, -0.15) is 4.31 Å². The number of halogens is 1. The van der Waals surface area contributed by atoms with Gasteiger partial charge < -0.3 is 9.64 Å². The minimum atomic E-state index is -3.52. The molecule has 5 nitrogen and oxygen atoms in total. The Morgan fingerprint density at radius 2 is 1.90 bits per heavy atom. The van der Waals surface area contributed by atoms with Crippen LogP contribution in [0.3, 0.4) is 0 Å². The molecule has 0 radical (unpaired) electrons. The highest BCUT2D eigenvalue weighted by Gasteiger charge is 2.30. The number of benzene rings is 1. The summed E-state index contributed by atoms with van der Waals surface area (Å²) >= 11 is 5.78. The van der Waals surface area contributed by atoms with Crippen LogP contribution in [0.25, 0.3) is 0 Å². The highest BCUT2D eigenvalue weighted by atomic mass is 35.5. The van der Waals surface area contributed by atoms with Crippen LogP contribution in [-0.4, -0.2) is 57.5 Å². The zero-order valence-corrected chi connectivity index (χ0v) is 14.0. The predicted octanol–water partition coefficient (Wildman–Crippen LogP) is 1.76. The number of hydrogen-bond donors (Lipinski definition) is 0. The van der Waals surface area contributed by atoms with E-state index >= 15 is 0 Å². The molecule has 1 aromatic rings. The average molecular weight is 333 g/mol. The smallest absolute Gasteiger partial charge is 0.246 e. The molecule has 0 saturated carbocycles. The van der Waals surface area contributed by atoms with Gasteiger partial charge in [0.2, 0.25) is 10.0 Å². The topological polar surface area (TPSA) is 49.9 Å². The highest BCUT2D eigenvalue weighted by Crippen LogP contribution is 2.29. The minimum absolute atomic E-state index is 0.212. The zero-order chi connectivity index (χ0) is 15.5. The lowest BCUT2D eigenvalue weighted by molar-refractivity contribution is 0.196. The van der Waals surface area contributed by atoms with Crippen molar-refractivity contribution < 1.29 is 13.2 Å². The van der Waals surface area contributed by atoms with Gasteiger partial charge in [0.1, 0.15) is 10.6 Å². The average Bonchev–Trinajstić information content (AvgIpc) is 2.54. The Morgan fingerprint density at radius 3 is 2.43 bits per heavy atom. The van der Waals surface area contributed by atoms with E-state index in [2.05, 4.69) is 11.8 Å². The summed E-state index contributed by atoms with van der Waals surface area (Å²) in [6.45, 7) is 5.57. The van der Waals surface area contributed by atoms with Crippen molar-refractivity contribution in [3.05, 3.63) is 23.8 Å². The Bertz CT molecular complexity index is 584. The van der Waals surface area contributed by atoms with E-state index in [1.807, 2.05) is 0 Å². The zero-order valence-electron chi connectivity index (χ0n) is 12.4. The number of alkyl halides is 1. The molecule has 1 aliphatic rings. The summed E-state index contributed by atoms with van der Waals surface area (Å²) in [6.07, 6.45) is 0. The van der Waals surface area contributed by atoms with Crippen molar-refractivity contribution in [2.75, 3.05) is 39.8 Å². The van der Waals surface area contributed by atoms with E-state index in [1.165, 1.54) is 11.4 Å². The van der Waals surface area contributed by atoms with Gasteiger partial charge in [-0.25, -0.2) is 8.42 Å². The number of likely N-dealkylation sites (N-methyl/N-ethyl adjacent to an activating group) is 1. The summed E-state index contributed by atoms with van der Waals surface area (Å²) in [5.74, 6) is 0.678. The van der Waals surface area contributed by atoms with Crippen molar-refractivity contribution in [3.63, 3.8) is 0 Å². The maximum atomic E-state index is 12.8. The number of nitrogens with zero attached hydrogens (tertiary/aromatic N) is 2. The van der Waals surface area contributed by atoms with Gasteiger partial charge in [0.05, 0.1) is 7.11 Å². The molecule has 0 aliphatic carbocycles. The summed E-state index contributed by atoms with van der Waals surface area (Å²) < 4.78 is 32.3. The lowest BCUT2D eigenvalue weighted by Gasteiger charge is -2.33. The fourth-order valence-electron chi connectivity index (χ4n) is 2.43. The van der Waals surface area contributed by atoms with E-state index in [0.717, 1.165) is 25.2 Å². The summed E-state index contributed by atoms with van der Waals surface area (Å²) in [5, 5.41) is 0. The molecule has 1 saturated heterocycles. The molecule has 1 aromatic carbocycles. The van der Waals surface area contributed by atoms with E-state index in [0.29, 0.717) is 24.7 Å². The van der Waals surface area contributed by atoms with Gasteiger partial charge in [-0.05, 0) is 24.2 Å². The lowest BCUT2D eigenvalue weighted by atomic mass is 10.2. The van der Waals surface area contributed by atoms with Gasteiger partial charge in [-0.1, -0.05) is 13.0 Å².